The number of rotatable bonds is 5. The first-order valence-electron chi connectivity index (χ1n) is 5.84. The van der Waals surface area contributed by atoms with Crippen LogP contribution >= 0.6 is 0 Å². The zero-order chi connectivity index (χ0) is 12.8. The molecule has 1 aromatic rings. The zero-order valence-corrected chi connectivity index (χ0v) is 10.5. The van der Waals surface area contributed by atoms with Crippen LogP contribution in [0.1, 0.15) is 11.1 Å². The maximum Gasteiger partial charge on any atom is 0.294 e. The number of epoxide rings is 2. The molecule has 1 N–H and O–H groups in total. The second kappa shape index (κ2) is 4.31. The fourth-order valence-electron chi connectivity index (χ4n) is 2.01. The maximum absolute atomic E-state index is 11.2. The van der Waals surface area contributed by atoms with Gasteiger partial charge in [0.1, 0.15) is 0 Å². The molecular formula is C12H14O5S. The van der Waals surface area contributed by atoms with E-state index >= 15 is 0 Å². The summed E-state index contributed by atoms with van der Waals surface area (Å²) < 4.78 is 41.9. The van der Waals surface area contributed by atoms with Crippen LogP contribution in [0.2, 0.25) is 0 Å². The number of hydrogen-bond donors (Lipinski definition) is 1. The van der Waals surface area contributed by atoms with Crippen molar-refractivity contribution < 1.29 is 22.4 Å². The molecule has 5 nitrogen and oxygen atoms in total. The molecule has 2 heterocycles. The second-order valence-electron chi connectivity index (χ2n) is 4.78. The Morgan fingerprint density at radius 1 is 1.06 bits per heavy atom. The highest BCUT2D eigenvalue weighted by Crippen LogP contribution is 2.24. The van der Waals surface area contributed by atoms with Gasteiger partial charge in [0.15, 0.2) is 0 Å². The summed E-state index contributed by atoms with van der Waals surface area (Å²) in [5.74, 6) is 0. The fourth-order valence-corrected chi connectivity index (χ4v) is 2.61. The average Bonchev–Trinajstić information content (AvgIpc) is 3.12. The summed E-state index contributed by atoms with van der Waals surface area (Å²) in [5, 5.41) is 0. The van der Waals surface area contributed by atoms with E-state index < -0.39 is 10.1 Å². The van der Waals surface area contributed by atoms with Gasteiger partial charge in [0.2, 0.25) is 0 Å². The van der Waals surface area contributed by atoms with Crippen molar-refractivity contribution in [1.29, 1.82) is 0 Å². The maximum atomic E-state index is 11.2. The molecular weight excluding hydrogens is 256 g/mol. The average molecular weight is 270 g/mol. The van der Waals surface area contributed by atoms with Crippen molar-refractivity contribution in [2.24, 2.45) is 0 Å². The Balaban J connectivity index is 1.91. The molecule has 2 atom stereocenters. The first kappa shape index (κ1) is 12.1. The van der Waals surface area contributed by atoms with Crippen LogP contribution in [0.5, 0.6) is 0 Å². The predicted octanol–water partition coefficient (Wildman–Crippen LogP) is 0.816. The van der Waals surface area contributed by atoms with E-state index in [9.17, 15) is 8.42 Å². The highest BCUT2D eigenvalue weighted by Gasteiger charge is 2.26. The van der Waals surface area contributed by atoms with Gasteiger partial charge in [-0.3, -0.25) is 4.55 Å². The summed E-state index contributed by atoms with van der Waals surface area (Å²) in [6.45, 7) is 1.44. The molecule has 0 amide bonds. The van der Waals surface area contributed by atoms with Crippen LogP contribution in [0.15, 0.2) is 23.1 Å². The number of ether oxygens (including phenoxy) is 2. The topological polar surface area (TPSA) is 79.4 Å². The molecule has 6 heteroatoms. The summed E-state index contributed by atoms with van der Waals surface area (Å²) in [4.78, 5) is -0.0451. The molecule has 3 rings (SSSR count). The summed E-state index contributed by atoms with van der Waals surface area (Å²) in [6, 6.07) is 4.97. The van der Waals surface area contributed by atoms with E-state index in [0.717, 1.165) is 24.3 Å². The van der Waals surface area contributed by atoms with Crippen molar-refractivity contribution in [2.45, 2.75) is 29.9 Å². The summed E-state index contributed by atoms with van der Waals surface area (Å²) >= 11 is 0. The Morgan fingerprint density at radius 3 is 1.83 bits per heavy atom. The summed E-state index contributed by atoms with van der Waals surface area (Å²) in [5.41, 5.74) is 1.76. The van der Waals surface area contributed by atoms with Crippen molar-refractivity contribution >= 4 is 10.1 Å². The molecule has 0 radical (unpaired) electrons. The van der Waals surface area contributed by atoms with Crippen LogP contribution in [-0.2, 0) is 32.4 Å². The highest BCUT2D eigenvalue weighted by atomic mass is 32.2. The Labute approximate surface area is 105 Å². The molecule has 0 aliphatic carbocycles. The molecule has 98 valence electrons. The van der Waals surface area contributed by atoms with Gasteiger partial charge in [-0.05, 0) is 23.3 Å². The Hall–Kier alpha value is -0.950. The highest BCUT2D eigenvalue weighted by molar-refractivity contribution is 7.85. The molecule has 2 aliphatic heterocycles. The minimum Gasteiger partial charge on any atom is -0.373 e. The molecule has 2 unspecified atom stereocenters. The number of benzene rings is 1. The van der Waals surface area contributed by atoms with E-state index in [-0.39, 0.29) is 17.1 Å². The summed E-state index contributed by atoms with van der Waals surface area (Å²) in [6.07, 6.45) is 1.74. The minimum absolute atomic E-state index is 0.0451. The monoisotopic (exact) mass is 270 g/mol. The molecule has 1 aromatic carbocycles. The van der Waals surface area contributed by atoms with E-state index in [0.29, 0.717) is 12.8 Å². The molecule has 2 aliphatic rings. The summed E-state index contributed by atoms with van der Waals surface area (Å²) in [7, 11) is -4.16. The van der Waals surface area contributed by atoms with Gasteiger partial charge in [-0.1, -0.05) is 6.07 Å². The number of hydrogen-bond acceptors (Lipinski definition) is 4. The van der Waals surface area contributed by atoms with Crippen molar-refractivity contribution in [3.05, 3.63) is 29.3 Å². The molecule has 0 saturated carbocycles. The van der Waals surface area contributed by atoms with Crippen molar-refractivity contribution in [3.63, 3.8) is 0 Å². The third-order valence-electron chi connectivity index (χ3n) is 3.06. The lowest BCUT2D eigenvalue weighted by molar-refractivity contribution is 0.405. The van der Waals surface area contributed by atoms with Crippen LogP contribution in [0, 0.1) is 0 Å². The lowest BCUT2D eigenvalue weighted by atomic mass is 10.0. The van der Waals surface area contributed by atoms with Crippen LogP contribution in [-0.4, -0.2) is 38.4 Å². The third kappa shape index (κ3) is 3.08. The van der Waals surface area contributed by atoms with Gasteiger partial charge in [-0.2, -0.15) is 8.42 Å². The van der Waals surface area contributed by atoms with Gasteiger partial charge in [0.05, 0.1) is 30.3 Å². The van der Waals surface area contributed by atoms with Gasteiger partial charge in [-0.15, -0.1) is 0 Å². The zero-order valence-electron chi connectivity index (χ0n) is 9.70. The smallest absolute Gasteiger partial charge is 0.294 e. The van der Waals surface area contributed by atoms with Crippen molar-refractivity contribution in [2.75, 3.05) is 13.2 Å². The van der Waals surface area contributed by atoms with E-state index in [1.54, 1.807) is 0 Å². The molecule has 0 spiro atoms. The third-order valence-corrected chi connectivity index (χ3v) is 3.89. The van der Waals surface area contributed by atoms with Crippen LogP contribution in [0.25, 0.3) is 0 Å². The quantitative estimate of drug-likeness (QED) is 0.633. The molecule has 0 aromatic heterocycles. The molecule has 18 heavy (non-hydrogen) atoms. The van der Waals surface area contributed by atoms with Gasteiger partial charge in [-0.25, -0.2) is 0 Å². The van der Waals surface area contributed by atoms with Gasteiger partial charge >= 0.3 is 0 Å². The van der Waals surface area contributed by atoms with E-state index in [4.69, 9.17) is 14.0 Å². The van der Waals surface area contributed by atoms with Crippen molar-refractivity contribution in [3.8, 4) is 0 Å². The first-order valence-corrected chi connectivity index (χ1v) is 7.28. The van der Waals surface area contributed by atoms with Gasteiger partial charge in [0.25, 0.3) is 10.1 Å². The van der Waals surface area contributed by atoms with Crippen LogP contribution in [0.4, 0.5) is 0 Å². The van der Waals surface area contributed by atoms with E-state index in [1.165, 1.54) is 12.1 Å². The van der Waals surface area contributed by atoms with Gasteiger partial charge < -0.3 is 9.47 Å². The van der Waals surface area contributed by atoms with E-state index in [1.807, 2.05) is 6.07 Å². The lowest BCUT2D eigenvalue weighted by Gasteiger charge is -2.06. The molecule has 0 bridgehead atoms. The lowest BCUT2D eigenvalue weighted by Crippen LogP contribution is -2.04. The van der Waals surface area contributed by atoms with E-state index in [2.05, 4.69) is 0 Å². The Morgan fingerprint density at radius 2 is 1.50 bits per heavy atom. The largest absolute Gasteiger partial charge is 0.373 e. The Kier molecular flexibility index (Phi) is 2.90. The predicted molar refractivity (Wildman–Crippen MR) is 63.1 cm³/mol. The molecule has 2 fully saturated rings. The minimum atomic E-state index is -4.16. The molecule has 2 saturated heterocycles. The fraction of sp³-hybridized carbons (Fsp3) is 0.500. The standard InChI is InChI=1S/C12H14O5S/c13-18(14,15)12-4-8(2-10-6-16-10)1-9(5-12)3-11-7-17-11/h1,4-5,10-11H,2-3,6-7H2,(H,13,14,15). The second-order valence-corrected chi connectivity index (χ2v) is 6.20. The van der Waals surface area contributed by atoms with Gasteiger partial charge in [0, 0.05) is 12.8 Å². The first-order chi connectivity index (χ1) is 8.50. The Bertz CT molecular complexity index is 526. The van der Waals surface area contributed by atoms with Crippen molar-refractivity contribution in [1.82, 2.24) is 0 Å². The normalized spacial score (nSPS) is 26.1. The van der Waals surface area contributed by atoms with Crippen LogP contribution in [0.3, 0.4) is 0 Å². The van der Waals surface area contributed by atoms with Crippen LogP contribution < -0.4 is 0 Å². The SMILES string of the molecule is O=S(=O)(O)c1cc(CC2CO2)cc(CC2CO2)c1.